The summed E-state index contributed by atoms with van der Waals surface area (Å²) in [5, 5.41) is 0. The molecule has 1 fully saturated rings. The molecule has 1 saturated heterocycles. The molecule has 0 aliphatic carbocycles. The van der Waals surface area contributed by atoms with Crippen molar-refractivity contribution in [2.24, 2.45) is 17.8 Å². The highest BCUT2D eigenvalue weighted by molar-refractivity contribution is 7.92. The minimum atomic E-state index is -4.02. The lowest BCUT2D eigenvalue weighted by atomic mass is 9.79. The summed E-state index contributed by atoms with van der Waals surface area (Å²) in [6, 6.07) is 13.5. The van der Waals surface area contributed by atoms with Crippen LogP contribution >= 0.6 is 0 Å². The number of fused-ring (bicyclic) bond motifs is 4. The summed E-state index contributed by atoms with van der Waals surface area (Å²) in [5.41, 5.74) is 7.48. The molecule has 0 radical (unpaired) electrons. The number of anilines is 1. The minimum absolute atomic E-state index is 0.00261. The van der Waals surface area contributed by atoms with Crippen molar-refractivity contribution in [1.29, 1.82) is 0 Å². The van der Waals surface area contributed by atoms with Crippen molar-refractivity contribution >= 4 is 16.0 Å². The average Bonchev–Trinajstić information content (AvgIpc) is 3.07. The second-order valence-electron chi connectivity index (χ2n) is 14.5. The van der Waals surface area contributed by atoms with Crippen LogP contribution in [0.2, 0.25) is 0 Å². The van der Waals surface area contributed by atoms with E-state index in [0.717, 1.165) is 78.1 Å². The summed E-state index contributed by atoms with van der Waals surface area (Å²) in [6.07, 6.45) is 8.03. The van der Waals surface area contributed by atoms with Gasteiger partial charge in [0.05, 0.1) is 28.6 Å². The van der Waals surface area contributed by atoms with E-state index in [0.29, 0.717) is 42.4 Å². The fourth-order valence-corrected chi connectivity index (χ4v) is 8.29. The zero-order valence-electron chi connectivity index (χ0n) is 29.6. The molecular formula is C39H49N5O4S. The van der Waals surface area contributed by atoms with Crippen LogP contribution in [0.4, 0.5) is 5.95 Å². The van der Waals surface area contributed by atoms with Gasteiger partial charge in [0.2, 0.25) is 11.8 Å². The highest BCUT2D eigenvalue weighted by Crippen LogP contribution is 2.38. The first-order chi connectivity index (χ1) is 23.5. The Morgan fingerprint density at radius 1 is 0.939 bits per heavy atom. The number of aryl methyl sites for hydroxylation is 1. The molecule has 4 aromatic rings. The first-order valence-electron chi connectivity index (χ1n) is 17.6. The normalized spacial score (nSPS) is 19.5. The Labute approximate surface area is 291 Å². The van der Waals surface area contributed by atoms with E-state index >= 15 is 0 Å². The van der Waals surface area contributed by atoms with Crippen LogP contribution in [0.15, 0.2) is 59.8 Å². The van der Waals surface area contributed by atoms with E-state index in [1.54, 1.807) is 12.1 Å². The number of hydrogen-bond donors (Lipinski definition) is 1. The van der Waals surface area contributed by atoms with Crippen LogP contribution in [0, 0.1) is 31.6 Å². The van der Waals surface area contributed by atoms with Gasteiger partial charge in [0.25, 0.3) is 10.0 Å². The van der Waals surface area contributed by atoms with Gasteiger partial charge in [-0.15, -0.1) is 0 Å². The number of ether oxygens (including phenoxy) is 2. The Morgan fingerprint density at radius 3 is 2.43 bits per heavy atom. The quantitative estimate of drug-likeness (QED) is 0.200. The number of nitrogens with zero attached hydrogens (tertiary/aromatic N) is 4. The van der Waals surface area contributed by atoms with Crippen molar-refractivity contribution in [3.05, 3.63) is 88.5 Å². The molecule has 2 aromatic heterocycles. The van der Waals surface area contributed by atoms with Crippen LogP contribution < -0.4 is 9.46 Å². The SMILES string of the molecule is Cc1cccc(CC(C)C)c1-c1nc2nc(c1C)OC[C@@H](CC(C)C)C(Cc1cnc(C3CCOCC3)cn1)c1cccc(c1)S(=O)(=O)N2. The van der Waals surface area contributed by atoms with E-state index < -0.39 is 10.0 Å². The maximum Gasteiger partial charge on any atom is 0.264 e. The zero-order chi connectivity index (χ0) is 34.7. The highest BCUT2D eigenvalue weighted by atomic mass is 32.2. The van der Waals surface area contributed by atoms with E-state index in [1.807, 2.05) is 31.5 Å². The highest BCUT2D eigenvalue weighted by Gasteiger charge is 2.30. The molecule has 2 aliphatic rings. The van der Waals surface area contributed by atoms with E-state index in [-0.39, 0.29) is 22.7 Å². The third-order valence-corrected chi connectivity index (χ3v) is 11.0. The van der Waals surface area contributed by atoms with Gasteiger partial charge in [0, 0.05) is 48.6 Å². The number of benzene rings is 2. The lowest BCUT2D eigenvalue weighted by Crippen LogP contribution is -2.26. The van der Waals surface area contributed by atoms with Crippen molar-refractivity contribution in [2.45, 2.75) is 90.4 Å². The lowest BCUT2D eigenvalue weighted by molar-refractivity contribution is 0.0844. The van der Waals surface area contributed by atoms with Crippen molar-refractivity contribution in [1.82, 2.24) is 19.9 Å². The van der Waals surface area contributed by atoms with Crippen LogP contribution in [-0.2, 0) is 27.6 Å². The van der Waals surface area contributed by atoms with Crippen LogP contribution in [0.1, 0.15) is 92.4 Å². The monoisotopic (exact) mass is 683 g/mol. The molecule has 1 N–H and O–H groups in total. The summed E-state index contributed by atoms with van der Waals surface area (Å²) < 4.78 is 42.8. The van der Waals surface area contributed by atoms with Gasteiger partial charge in [0.1, 0.15) is 0 Å². The van der Waals surface area contributed by atoms with Crippen molar-refractivity contribution in [3.8, 4) is 17.1 Å². The van der Waals surface area contributed by atoms with Crippen molar-refractivity contribution in [3.63, 3.8) is 0 Å². The van der Waals surface area contributed by atoms with E-state index in [2.05, 4.69) is 62.5 Å². The Hall–Kier alpha value is -3.89. The first-order valence-corrected chi connectivity index (χ1v) is 19.1. The first kappa shape index (κ1) is 35.0. The summed E-state index contributed by atoms with van der Waals surface area (Å²) in [4.78, 5) is 19.4. The molecule has 4 bridgehead atoms. The maximum atomic E-state index is 13.9. The Balaban J connectivity index is 1.43. The van der Waals surface area contributed by atoms with Gasteiger partial charge in [-0.25, -0.2) is 18.1 Å². The summed E-state index contributed by atoms with van der Waals surface area (Å²) in [6.45, 7) is 14.7. The third-order valence-electron chi connectivity index (χ3n) is 9.72. The molecule has 0 amide bonds. The van der Waals surface area contributed by atoms with Crippen LogP contribution in [0.25, 0.3) is 11.3 Å². The number of aromatic nitrogens is 4. The number of sulfonamides is 1. The second kappa shape index (κ2) is 14.9. The van der Waals surface area contributed by atoms with Gasteiger partial charge in [-0.05, 0) is 92.5 Å². The molecule has 2 aliphatic heterocycles. The Kier molecular flexibility index (Phi) is 10.6. The Bertz CT molecular complexity index is 1870. The van der Waals surface area contributed by atoms with E-state index in [1.165, 1.54) is 0 Å². The van der Waals surface area contributed by atoms with Crippen LogP contribution in [0.5, 0.6) is 5.88 Å². The Morgan fingerprint density at radius 2 is 1.71 bits per heavy atom. The van der Waals surface area contributed by atoms with Gasteiger partial charge >= 0.3 is 0 Å². The van der Waals surface area contributed by atoms with Gasteiger partial charge < -0.3 is 9.47 Å². The number of rotatable bonds is 8. The molecule has 2 atom stereocenters. The molecule has 2 aromatic carbocycles. The van der Waals surface area contributed by atoms with Gasteiger partial charge in [0.15, 0.2) is 0 Å². The second-order valence-corrected chi connectivity index (χ2v) is 16.2. The topological polar surface area (TPSA) is 116 Å². The largest absolute Gasteiger partial charge is 0.477 e. The summed E-state index contributed by atoms with van der Waals surface area (Å²) in [7, 11) is -4.02. The predicted molar refractivity (Wildman–Crippen MR) is 192 cm³/mol. The molecule has 49 heavy (non-hydrogen) atoms. The fourth-order valence-electron chi connectivity index (χ4n) is 7.29. The molecule has 0 saturated carbocycles. The molecule has 10 heteroatoms. The van der Waals surface area contributed by atoms with Gasteiger partial charge in [-0.2, -0.15) is 4.98 Å². The number of nitrogens with one attached hydrogen (secondary N) is 1. The molecule has 0 spiro atoms. The molecule has 4 heterocycles. The predicted octanol–water partition coefficient (Wildman–Crippen LogP) is 7.82. The van der Waals surface area contributed by atoms with Crippen LogP contribution in [0.3, 0.4) is 0 Å². The fraction of sp³-hybridized carbons (Fsp3) is 0.487. The van der Waals surface area contributed by atoms with E-state index in [4.69, 9.17) is 24.4 Å². The molecule has 260 valence electrons. The third kappa shape index (κ3) is 8.13. The average molecular weight is 684 g/mol. The maximum absolute atomic E-state index is 13.9. The van der Waals surface area contributed by atoms with Crippen molar-refractivity contribution < 1.29 is 17.9 Å². The molecule has 1 unspecified atom stereocenters. The standard InChI is InChI=1S/C39H49N5O4S/c1-24(2)17-30-11-7-9-26(5)36(30)37-27(6)38-43-39(42-37)44-49(45,46)33-12-8-10-29(19-33)34(31(23-48-38)18-25(3)4)20-32-21-41-35(22-40-32)28-13-15-47-16-14-28/h7-12,19,21-22,24-25,28,31,34H,13-18,20,23H2,1-6H3,(H,42,43,44)/t31-,34?/m1/s1. The van der Waals surface area contributed by atoms with Crippen molar-refractivity contribution in [2.75, 3.05) is 24.5 Å². The van der Waals surface area contributed by atoms with E-state index in [9.17, 15) is 8.42 Å². The molecule has 6 rings (SSSR count). The molecule has 9 nitrogen and oxygen atoms in total. The molecular weight excluding hydrogens is 635 g/mol. The zero-order valence-corrected chi connectivity index (χ0v) is 30.4. The summed E-state index contributed by atoms with van der Waals surface area (Å²) in [5.74, 6) is 1.52. The smallest absolute Gasteiger partial charge is 0.264 e. The van der Waals surface area contributed by atoms with Crippen LogP contribution in [-0.4, -0.2) is 48.2 Å². The number of hydrogen-bond acceptors (Lipinski definition) is 8. The van der Waals surface area contributed by atoms with Gasteiger partial charge in [-0.1, -0.05) is 58.0 Å². The lowest BCUT2D eigenvalue weighted by Gasteiger charge is -2.30. The summed E-state index contributed by atoms with van der Waals surface area (Å²) >= 11 is 0. The van der Waals surface area contributed by atoms with Gasteiger partial charge in [-0.3, -0.25) is 9.97 Å². The minimum Gasteiger partial charge on any atom is -0.477 e.